The van der Waals surface area contributed by atoms with Crippen LogP contribution in [0.5, 0.6) is 0 Å². The molecule has 0 aliphatic rings. The van der Waals surface area contributed by atoms with Crippen molar-refractivity contribution in [1.82, 2.24) is 0 Å². The predicted octanol–water partition coefficient (Wildman–Crippen LogP) is 4.91. The largest absolute Gasteiger partial charge is 0.160 e. The Morgan fingerprint density at radius 2 is 1.46 bits per heavy atom. The first-order valence-corrected chi connectivity index (χ1v) is 6.36. The summed E-state index contributed by atoms with van der Waals surface area (Å²) in [6.07, 6.45) is 0. The third-order valence-electron chi connectivity index (χ3n) is 2.36. The van der Waals surface area contributed by atoms with E-state index in [0.29, 0.717) is 0 Å². The Labute approximate surface area is 104 Å². The average Bonchev–Trinajstić information content (AvgIpc) is 1.98. The monoisotopic (exact) mass is 368 g/mol. The molecule has 0 nitrogen and oxygen atoms in total. The van der Waals surface area contributed by atoms with Crippen LogP contribution in [0.2, 0.25) is 0 Å². The van der Waals surface area contributed by atoms with E-state index in [1.807, 2.05) is 0 Å². The molecule has 0 unspecified atom stereocenters. The summed E-state index contributed by atoms with van der Waals surface area (Å²) in [5.41, 5.74) is 5.21. The van der Waals surface area contributed by atoms with Gasteiger partial charge in [0.05, 0.1) is 0 Å². The molecule has 0 saturated heterocycles. The van der Waals surface area contributed by atoms with Gasteiger partial charge in [-0.1, -0.05) is 59.9 Å². The van der Waals surface area contributed by atoms with Gasteiger partial charge in [0.25, 0.3) is 0 Å². The van der Waals surface area contributed by atoms with Gasteiger partial charge in [-0.3, -0.25) is 0 Å². The van der Waals surface area contributed by atoms with Crippen LogP contribution in [0, 0.1) is 20.8 Å². The van der Waals surface area contributed by atoms with E-state index in [0.717, 1.165) is 0 Å². The number of alkyl halides is 3. The topological polar surface area (TPSA) is 0 Å². The Kier molecular flexibility index (Phi) is 3.64. The molecule has 0 spiro atoms. The zero-order chi connectivity index (χ0) is 10.2. The Morgan fingerprint density at radius 1 is 0.923 bits per heavy atom. The summed E-state index contributed by atoms with van der Waals surface area (Å²) in [7, 11) is 0. The molecule has 0 aliphatic carbocycles. The van der Waals surface area contributed by atoms with Crippen LogP contribution in [0.25, 0.3) is 0 Å². The smallest absolute Gasteiger partial charge is 0.0587 e. The van der Waals surface area contributed by atoms with Gasteiger partial charge in [0.2, 0.25) is 0 Å². The highest BCUT2D eigenvalue weighted by atomic mass is 80.0. The molecule has 0 bridgehead atoms. The lowest BCUT2D eigenvalue weighted by Crippen LogP contribution is -2.03. The maximum absolute atomic E-state index is 3.53. The van der Waals surface area contributed by atoms with Crippen LogP contribution in [0.4, 0.5) is 0 Å². The summed E-state index contributed by atoms with van der Waals surface area (Å²) in [6, 6.07) is 4.26. The summed E-state index contributed by atoms with van der Waals surface area (Å²) in [5, 5.41) is 0. The average molecular weight is 371 g/mol. The van der Waals surface area contributed by atoms with Crippen LogP contribution in [-0.4, -0.2) is 0 Å². The zero-order valence-electron chi connectivity index (χ0n) is 7.79. The van der Waals surface area contributed by atoms with Gasteiger partial charge in [-0.2, -0.15) is 0 Å². The molecular weight excluding hydrogens is 360 g/mol. The van der Waals surface area contributed by atoms with Crippen LogP contribution in [0.3, 0.4) is 0 Å². The highest BCUT2D eigenvalue weighted by molar-refractivity contribution is 9.38. The summed E-state index contributed by atoms with van der Waals surface area (Å²) in [5.74, 6) is 0. The second kappa shape index (κ2) is 4.03. The van der Waals surface area contributed by atoms with Crippen LogP contribution < -0.4 is 0 Å². The molecule has 0 fully saturated rings. The number of rotatable bonds is 0. The minimum absolute atomic E-state index is 0.296. The Hall–Kier alpha value is 0.660. The van der Waals surface area contributed by atoms with E-state index in [2.05, 4.69) is 80.7 Å². The first-order valence-electron chi connectivity index (χ1n) is 3.98. The molecule has 0 saturated carbocycles. The van der Waals surface area contributed by atoms with Crippen molar-refractivity contribution in [2.75, 3.05) is 0 Å². The van der Waals surface area contributed by atoms with Crippen molar-refractivity contribution < 1.29 is 0 Å². The first-order chi connectivity index (χ1) is 5.84. The van der Waals surface area contributed by atoms with Gasteiger partial charge >= 0.3 is 0 Å². The van der Waals surface area contributed by atoms with E-state index < -0.39 is 0 Å². The van der Waals surface area contributed by atoms with E-state index >= 15 is 0 Å². The number of halogens is 3. The van der Waals surface area contributed by atoms with Crippen molar-refractivity contribution in [2.45, 2.75) is 22.9 Å². The second-order valence-corrected chi connectivity index (χ2v) is 9.94. The molecule has 72 valence electrons. The Morgan fingerprint density at radius 3 is 1.92 bits per heavy atom. The highest BCUT2D eigenvalue weighted by Crippen LogP contribution is 2.46. The van der Waals surface area contributed by atoms with E-state index in [-0.39, 0.29) is 2.14 Å². The standard InChI is InChI=1S/C10H11Br3/c1-6-4-5-9(10(11,12)13)8(3)7(6)2/h4-5H,1-3H3. The van der Waals surface area contributed by atoms with E-state index in [1.165, 1.54) is 22.3 Å². The fraction of sp³-hybridized carbons (Fsp3) is 0.400. The van der Waals surface area contributed by atoms with Crippen molar-refractivity contribution >= 4 is 47.8 Å². The lowest BCUT2D eigenvalue weighted by Gasteiger charge is -2.18. The molecule has 0 radical (unpaired) electrons. The van der Waals surface area contributed by atoms with Crippen LogP contribution >= 0.6 is 47.8 Å². The molecule has 1 rings (SSSR count). The molecule has 3 heteroatoms. The van der Waals surface area contributed by atoms with Gasteiger partial charge in [0.15, 0.2) is 2.14 Å². The molecule has 0 aliphatic heterocycles. The summed E-state index contributed by atoms with van der Waals surface area (Å²) >= 11 is 10.6. The predicted molar refractivity (Wildman–Crippen MR) is 69.1 cm³/mol. The number of hydrogen-bond acceptors (Lipinski definition) is 0. The quantitative estimate of drug-likeness (QED) is 0.569. The number of hydrogen-bond donors (Lipinski definition) is 0. The SMILES string of the molecule is Cc1ccc(C(Br)(Br)Br)c(C)c1C. The summed E-state index contributed by atoms with van der Waals surface area (Å²) in [4.78, 5) is 0. The van der Waals surface area contributed by atoms with Gasteiger partial charge in [-0.25, -0.2) is 0 Å². The lowest BCUT2D eigenvalue weighted by atomic mass is 10.00. The lowest BCUT2D eigenvalue weighted by molar-refractivity contribution is 1.19. The molecule has 13 heavy (non-hydrogen) atoms. The Bertz CT molecular complexity index is 324. The number of aryl methyl sites for hydroxylation is 1. The van der Waals surface area contributed by atoms with Gasteiger partial charge in [-0.05, 0) is 43.0 Å². The van der Waals surface area contributed by atoms with Gasteiger partial charge in [-0.15, -0.1) is 0 Å². The molecule has 1 aromatic carbocycles. The first kappa shape index (κ1) is 11.7. The minimum atomic E-state index is -0.296. The van der Waals surface area contributed by atoms with Crippen molar-refractivity contribution in [2.24, 2.45) is 0 Å². The van der Waals surface area contributed by atoms with Crippen molar-refractivity contribution in [3.63, 3.8) is 0 Å². The fourth-order valence-corrected chi connectivity index (χ4v) is 2.55. The Balaban J connectivity index is 3.35. The molecule has 1 aromatic rings. The maximum Gasteiger partial charge on any atom is 0.160 e. The zero-order valence-corrected chi connectivity index (χ0v) is 12.5. The number of benzene rings is 1. The highest BCUT2D eigenvalue weighted by Gasteiger charge is 2.23. The van der Waals surface area contributed by atoms with Crippen molar-refractivity contribution in [1.29, 1.82) is 0 Å². The maximum atomic E-state index is 3.53. The van der Waals surface area contributed by atoms with E-state index in [9.17, 15) is 0 Å². The van der Waals surface area contributed by atoms with Gasteiger partial charge in [0.1, 0.15) is 0 Å². The van der Waals surface area contributed by atoms with Gasteiger partial charge in [0, 0.05) is 0 Å². The normalized spacial score (nSPS) is 11.8. The summed E-state index contributed by atoms with van der Waals surface area (Å²) in [6.45, 7) is 6.41. The minimum Gasteiger partial charge on any atom is -0.0587 e. The summed E-state index contributed by atoms with van der Waals surface area (Å²) < 4.78 is -0.296. The molecule has 0 heterocycles. The van der Waals surface area contributed by atoms with Crippen molar-refractivity contribution in [3.05, 3.63) is 34.4 Å². The molecule has 0 amide bonds. The molecule has 0 N–H and O–H groups in total. The molecular formula is C10H11Br3. The third kappa shape index (κ3) is 2.57. The van der Waals surface area contributed by atoms with Crippen molar-refractivity contribution in [3.8, 4) is 0 Å². The third-order valence-corrected chi connectivity index (χ3v) is 3.64. The van der Waals surface area contributed by atoms with Crippen LogP contribution in [0.1, 0.15) is 22.3 Å². The molecule has 0 atom stereocenters. The fourth-order valence-electron chi connectivity index (χ4n) is 1.26. The van der Waals surface area contributed by atoms with E-state index in [4.69, 9.17) is 0 Å². The second-order valence-electron chi connectivity index (χ2n) is 3.18. The molecule has 0 aromatic heterocycles. The van der Waals surface area contributed by atoms with Crippen LogP contribution in [-0.2, 0) is 2.14 Å². The van der Waals surface area contributed by atoms with E-state index in [1.54, 1.807) is 0 Å². The van der Waals surface area contributed by atoms with Crippen LogP contribution in [0.15, 0.2) is 12.1 Å². The van der Waals surface area contributed by atoms with Gasteiger partial charge < -0.3 is 0 Å².